The van der Waals surface area contributed by atoms with Gasteiger partial charge in [0, 0.05) is 5.56 Å². The molecular formula is C15H15NO4. The van der Waals surface area contributed by atoms with Gasteiger partial charge in [-0.15, -0.1) is 0 Å². The summed E-state index contributed by atoms with van der Waals surface area (Å²) in [5, 5.41) is 14.2. The Labute approximate surface area is 116 Å². The molecule has 20 heavy (non-hydrogen) atoms. The Kier molecular flexibility index (Phi) is 4.00. The van der Waals surface area contributed by atoms with Crippen LogP contribution in [0.25, 0.3) is 11.3 Å². The van der Waals surface area contributed by atoms with Crippen LogP contribution in [0.1, 0.15) is 17.4 Å². The first-order valence-electron chi connectivity index (χ1n) is 6.03. The van der Waals surface area contributed by atoms with Gasteiger partial charge in [0.1, 0.15) is 17.6 Å². The van der Waals surface area contributed by atoms with Crippen molar-refractivity contribution in [3.8, 4) is 11.3 Å². The van der Waals surface area contributed by atoms with E-state index >= 15 is 0 Å². The van der Waals surface area contributed by atoms with Gasteiger partial charge in [-0.3, -0.25) is 0 Å². The molecule has 2 aromatic rings. The topological polar surface area (TPSA) is 72.6 Å². The zero-order chi connectivity index (χ0) is 14.7. The first kappa shape index (κ1) is 14.0. The third kappa shape index (κ3) is 2.48. The summed E-state index contributed by atoms with van der Waals surface area (Å²) in [7, 11) is 1.23. The molecule has 5 heteroatoms. The number of rotatable bonds is 4. The molecule has 104 valence electrons. The number of aromatic nitrogens is 1. The second-order valence-corrected chi connectivity index (χ2v) is 4.29. The van der Waals surface area contributed by atoms with Crippen molar-refractivity contribution in [1.82, 2.24) is 5.16 Å². The van der Waals surface area contributed by atoms with Crippen LogP contribution in [0.15, 0.2) is 47.0 Å². The van der Waals surface area contributed by atoms with Gasteiger partial charge in [-0.25, -0.2) is 4.79 Å². The summed E-state index contributed by atoms with van der Waals surface area (Å²) < 4.78 is 9.70. The van der Waals surface area contributed by atoms with Crippen LogP contribution in [0.5, 0.6) is 0 Å². The zero-order valence-electron chi connectivity index (χ0n) is 11.3. The molecule has 1 aromatic heterocycles. The van der Waals surface area contributed by atoms with Crippen molar-refractivity contribution in [3.63, 3.8) is 0 Å². The second-order valence-electron chi connectivity index (χ2n) is 4.29. The van der Waals surface area contributed by atoms with Crippen molar-refractivity contribution in [2.45, 2.75) is 13.0 Å². The zero-order valence-corrected chi connectivity index (χ0v) is 11.3. The molecule has 0 aliphatic rings. The van der Waals surface area contributed by atoms with E-state index in [4.69, 9.17) is 4.52 Å². The van der Waals surface area contributed by atoms with Gasteiger partial charge in [0.05, 0.1) is 18.2 Å². The first-order valence-corrected chi connectivity index (χ1v) is 6.03. The first-order chi connectivity index (χ1) is 9.56. The number of nitrogens with zero attached hydrogens (tertiary/aromatic N) is 1. The van der Waals surface area contributed by atoms with Gasteiger partial charge in [-0.2, -0.15) is 0 Å². The number of esters is 1. The van der Waals surface area contributed by atoms with Gasteiger partial charge in [0.2, 0.25) is 0 Å². The number of carbonyl (C=O) groups excluding carboxylic acids is 1. The highest BCUT2D eigenvalue weighted by Crippen LogP contribution is 2.33. The Morgan fingerprint density at radius 1 is 1.40 bits per heavy atom. The summed E-state index contributed by atoms with van der Waals surface area (Å²) in [5.41, 5.74) is 1.64. The quantitative estimate of drug-likeness (QED) is 0.684. The number of aryl methyl sites for hydroxylation is 1. The Hall–Kier alpha value is -2.40. The Bertz CT molecular complexity index is 631. The lowest BCUT2D eigenvalue weighted by Gasteiger charge is -2.12. The SMILES string of the molecule is C=C(C(=O)OC)C(O)c1c(-c2ccccc2)noc1C. The van der Waals surface area contributed by atoms with Crippen molar-refractivity contribution in [2.75, 3.05) is 7.11 Å². The predicted molar refractivity (Wildman–Crippen MR) is 72.8 cm³/mol. The maximum absolute atomic E-state index is 11.5. The maximum Gasteiger partial charge on any atom is 0.336 e. The largest absolute Gasteiger partial charge is 0.466 e. The minimum atomic E-state index is -1.22. The fraction of sp³-hybridized carbons (Fsp3) is 0.200. The van der Waals surface area contributed by atoms with Gasteiger partial charge < -0.3 is 14.4 Å². The van der Waals surface area contributed by atoms with E-state index < -0.39 is 12.1 Å². The summed E-state index contributed by atoms with van der Waals surface area (Å²) in [6.45, 7) is 5.23. The lowest BCUT2D eigenvalue weighted by Crippen LogP contribution is -2.13. The molecule has 5 nitrogen and oxygen atoms in total. The average molecular weight is 273 g/mol. The monoisotopic (exact) mass is 273 g/mol. The van der Waals surface area contributed by atoms with E-state index in [1.165, 1.54) is 7.11 Å². The smallest absolute Gasteiger partial charge is 0.336 e. The number of hydrogen-bond donors (Lipinski definition) is 1. The van der Waals surface area contributed by atoms with E-state index in [1.807, 2.05) is 30.3 Å². The molecule has 2 rings (SSSR count). The number of aliphatic hydroxyl groups is 1. The maximum atomic E-state index is 11.5. The molecule has 0 aliphatic heterocycles. The van der Waals surface area contributed by atoms with E-state index in [2.05, 4.69) is 16.5 Å². The molecule has 1 aromatic carbocycles. The van der Waals surface area contributed by atoms with Gasteiger partial charge in [-0.05, 0) is 6.92 Å². The van der Waals surface area contributed by atoms with Gasteiger partial charge in [0.15, 0.2) is 0 Å². The standard InChI is InChI=1S/C15H15NO4/c1-9(15(18)19-3)14(17)12-10(2)20-16-13(12)11-7-5-4-6-8-11/h4-8,14,17H,1H2,2-3H3. The van der Waals surface area contributed by atoms with Gasteiger partial charge in [0.25, 0.3) is 0 Å². The number of aliphatic hydroxyl groups excluding tert-OH is 1. The van der Waals surface area contributed by atoms with Crippen molar-refractivity contribution < 1.29 is 19.2 Å². The molecule has 0 saturated carbocycles. The fourth-order valence-corrected chi connectivity index (χ4v) is 1.92. The van der Waals surface area contributed by atoms with Crippen LogP contribution in [-0.4, -0.2) is 23.3 Å². The van der Waals surface area contributed by atoms with E-state index in [9.17, 15) is 9.90 Å². The molecule has 1 unspecified atom stereocenters. The number of methoxy groups -OCH3 is 1. The van der Waals surface area contributed by atoms with Crippen molar-refractivity contribution in [3.05, 3.63) is 53.8 Å². The van der Waals surface area contributed by atoms with E-state index in [0.29, 0.717) is 17.0 Å². The van der Waals surface area contributed by atoms with Crippen LogP contribution in [0.4, 0.5) is 0 Å². The number of hydrogen-bond acceptors (Lipinski definition) is 5. The minimum absolute atomic E-state index is 0.0593. The van der Waals surface area contributed by atoms with E-state index in [1.54, 1.807) is 6.92 Å². The Morgan fingerprint density at radius 3 is 2.65 bits per heavy atom. The van der Waals surface area contributed by atoms with Crippen LogP contribution < -0.4 is 0 Å². The van der Waals surface area contributed by atoms with Gasteiger partial charge >= 0.3 is 5.97 Å². The van der Waals surface area contributed by atoms with E-state index in [-0.39, 0.29) is 5.57 Å². The second kappa shape index (κ2) is 5.71. The fourth-order valence-electron chi connectivity index (χ4n) is 1.92. The molecule has 0 fully saturated rings. The van der Waals surface area contributed by atoms with Crippen molar-refractivity contribution >= 4 is 5.97 Å². The third-order valence-corrected chi connectivity index (χ3v) is 3.01. The van der Waals surface area contributed by atoms with Crippen LogP contribution in [0, 0.1) is 6.92 Å². The highest BCUT2D eigenvalue weighted by atomic mass is 16.5. The predicted octanol–water partition coefficient (Wildman–Crippen LogP) is 2.41. The van der Waals surface area contributed by atoms with Crippen LogP contribution in [0.3, 0.4) is 0 Å². The number of ether oxygens (including phenoxy) is 1. The molecule has 0 saturated heterocycles. The number of carbonyl (C=O) groups is 1. The molecular weight excluding hydrogens is 258 g/mol. The molecule has 0 radical (unpaired) electrons. The average Bonchev–Trinajstić information content (AvgIpc) is 2.87. The van der Waals surface area contributed by atoms with E-state index in [0.717, 1.165) is 5.56 Å². The van der Waals surface area contributed by atoms with Crippen molar-refractivity contribution in [1.29, 1.82) is 0 Å². The molecule has 1 atom stereocenters. The lowest BCUT2D eigenvalue weighted by atomic mass is 9.97. The van der Waals surface area contributed by atoms with Gasteiger partial charge in [-0.1, -0.05) is 42.1 Å². The molecule has 0 bridgehead atoms. The molecule has 1 heterocycles. The Balaban J connectivity index is 2.45. The summed E-state index contributed by atoms with van der Waals surface area (Å²) in [6.07, 6.45) is -1.22. The molecule has 0 aliphatic carbocycles. The summed E-state index contributed by atoms with van der Waals surface area (Å²) in [4.78, 5) is 11.5. The lowest BCUT2D eigenvalue weighted by molar-refractivity contribution is -0.137. The Morgan fingerprint density at radius 2 is 2.05 bits per heavy atom. The summed E-state index contributed by atoms with van der Waals surface area (Å²) >= 11 is 0. The number of benzene rings is 1. The minimum Gasteiger partial charge on any atom is -0.466 e. The molecule has 1 N–H and O–H groups in total. The van der Waals surface area contributed by atoms with Crippen LogP contribution >= 0.6 is 0 Å². The highest BCUT2D eigenvalue weighted by molar-refractivity contribution is 5.89. The molecule has 0 amide bonds. The molecule has 0 spiro atoms. The van der Waals surface area contributed by atoms with Crippen LogP contribution in [-0.2, 0) is 9.53 Å². The van der Waals surface area contributed by atoms with Crippen LogP contribution in [0.2, 0.25) is 0 Å². The third-order valence-electron chi connectivity index (χ3n) is 3.01. The highest BCUT2D eigenvalue weighted by Gasteiger charge is 2.27. The normalized spacial score (nSPS) is 11.9. The summed E-state index contributed by atoms with van der Waals surface area (Å²) in [5.74, 6) is -0.237. The summed E-state index contributed by atoms with van der Waals surface area (Å²) in [6, 6.07) is 9.26. The van der Waals surface area contributed by atoms with Crippen molar-refractivity contribution in [2.24, 2.45) is 0 Å².